The predicted octanol–water partition coefficient (Wildman–Crippen LogP) is 2.04. The van der Waals surface area contributed by atoms with Crippen molar-refractivity contribution >= 4 is 5.69 Å². The largest absolute Gasteiger partial charge is 0.380 e. The first kappa shape index (κ1) is 12.0. The van der Waals surface area contributed by atoms with E-state index < -0.39 is 0 Å². The van der Waals surface area contributed by atoms with E-state index in [0.717, 1.165) is 12.1 Å². The van der Waals surface area contributed by atoms with Crippen molar-refractivity contribution in [3.05, 3.63) is 12.4 Å². The quantitative estimate of drug-likeness (QED) is 0.810. The number of hydrogen-bond acceptors (Lipinski definition) is 3. The second-order valence-corrected chi connectivity index (χ2v) is 4.62. The molecule has 0 saturated carbocycles. The maximum absolute atomic E-state index is 5.39. The maximum Gasteiger partial charge on any atom is 0.0728 e. The number of aryl methyl sites for hydroxylation is 1. The van der Waals surface area contributed by atoms with Crippen molar-refractivity contribution in [2.75, 3.05) is 12.4 Å². The summed E-state index contributed by atoms with van der Waals surface area (Å²) in [6.07, 6.45) is 4.75. The van der Waals surface area contributed by atoms with Gasteiger partial charge in [0.25, 0.3) is 0 Å². The van der Waals surface area contributed by atoms with Gasteiger partial charge in [-0.3, -0.25) is 4.68 Å². The molecular weight excluding hydrogens is 190 g/mol. The van der Waals surface area contributed by atoms with E-state index in [1.165, 1.54) is 0 Å². The molecule has 0 aliphatic carbocycles. The summed E-state index contributed by atoms with van der Waals surface area (Å²) in [5.41, 5.74) is 0.964. The molecule has 86 valence electrons. The normalized spacial score (nSPS) is 13.9. The molecule has 0 fully saturated rings. The highest BCUT2D eigenvalue weighted by atomic mass is 16.5. The van der Waals surface area contributed by atoms with Crippen LogP contribution in [0.25, 0.3) is 0 Å². The highest BCUT2D eigenvalue weighted by Crippen LogP contribution is 2.18. The van der Waals surface area contributed by atoms with Gasteiger partial charge in [0.05, 0.1) is 17.5 Å². The monoisotopic (exact) mass is 211 g/mol. The van der Waals surface area contributed by atoms with Gasteiger partial charge in [-0.15, -0.1) is 0 Å². The average molecular weight is 211 g/mol. The molecule has 0 aliphatic heterocycles. The third-order valence-electron chi connectivity index (χ3n) is 2.47. The van der Waals surface area contributed by atoms with Crippen LogP contribution in [0.5, 0.6) is 0 Å². The van der Waals surface area contributed by atoms with Gasteiger partial charge in [0.2, 0.25) is 0 Å². The highest BCUT2D eigenvalue weighted by molar-refractivity contribution is 5.38. The van der Waals surface area contributed by atoms with Crippen LogP contribution in [0, 0.1) is 0 Å². The molecule has 1 rings (SSSR count). The van der Waals surface area contributed by atoms with Crippen molar-refractivity contribution in [1.29, 1.82) is 0 Å². The maximum atomic E-state index is 5.39. The molecule has 0 aliphatic rings. The topological polar surface area (TPSA) is 39.1 Å². The van der Waals surface area contributed by atoms with Crippen molar-refractivity contribution < 1.29 is 4.74 Å². The van der Waals surface area contributed by atoms with Crippen molar-refractivity contribution in [1.82, 2.24) is 9.78 Å². The van der Waals surface area contributed by atoms with Crippen molar-refractivity contribution in [3.8, 4) is 0 Å². The van der Waals surface area contributed by atoms with Gasteiger partial charge in [-0.2, -0.15) is 5.10 Å². The minimum absolute atomic E-state index is 0.0887. The number of methoxy groups -OCH3 is 1. The number of aromatic nitrogens is 2. The van der Waals surface area contributed by atoms with E-state index >= 15 is 0 Å². The van der Waals surface area contributed by atoms with Crippen LogP contribution in [0.1, 0.15) is 27.2 Å². The van der Waals surface area contributed by atoms with Gasteiger partial charge in [0.1, 0.15) is 0 Å². The van der Waals surface area contributed by atoms with E-state index in [1.54, 1.807) is 11.8 Å². The number of rotatable bonds is 5. The fourth-order valence-electron chi connectivity index (χ4n) is 1.65. The van der Waals surface area contributed by atoms with E-state index in [1.807, 2.05) is 19.4 Å². The molecule has 0 amide bonds. The molecule has 0 unspecified atom stereocenters. The van der Waals surface area contributed by atoms with Crippen LogP contribution in [-0.2, 0) is 11.8 Å². The van der Waals surface area contributed by atoms with Gasteiger partial charge in [0.15, 0.2) is 0 Å². The molecule has 4 nitrogen and oxygen atoms in total. The zero-order valence-corrected chi connectivity index (χ0v) is 10.2. The van der Waals surface area contributed by atoms with E-state index in [2.05, 4.69) is 31.2 Å². The van der Waals surface area contributed by atoms with Crippen LogP contribution in [-0.4, -0.2) is 28.5 Å². The van der Waals surface area contributed by atoms with E-state index in [9.17, 15) is 0 Å². The van der Waals surface area contributed by atoms with E-state index in [0.29, 0.717) is 6.04 Å². The van der Waals surface area contributed by atoms with E-state index in [-0.39, 0.29) is 5.60 Å². The van der Waals surface area contributed by atoms with Gasteiger partial charge in [0, 0.05) is 26.4 Å². The molecule has 15 heavy (non-hydrogen) atoms. The first-order chi connectivity index (χ1) is 6.93. The summed E-state index contributed by atoms with van der Waals surface area (Å²) in [5, 5.41) is 7.50. The van der Waals surface area contributed by atoms with Gasteiger partial charge < -0.3 is 10.1 Å². The van der Waals surface area contributed by atoms with E-state index in [4.69, 9.17) is 4.74 Å². The molecule has 0 aromatic carbocycles. The molecule has 1 aromatic heterocycles. The Morgan fingerprint density at radius 1 is 1.60 bits per heavy atom. The number of nitrogens with one attached hydrogen (secondary N) is 1. The second-order valence-electron chi connectivity index (χ2n) is 4.62. The van der Waals surface area contributed by atoms with Crippen LogP contribution in [0.3, 0.4) is 0 Å². The first-order valence-electron chi connectivity index (χ1n) is 5.23. The summed E-state index contributed by atoms with van der Waals surface area (Å²) in [6, 6.07) is 0.365. The number of hydrogen-bond donors (Lipinski definition) is 1. The molecule has 4 heteroatoms. The van der Waals surface area contributed by atoms with Gasteiger partial charge in [-0.25, -0.2) is 0 Å². The lowest BCUT2D eigenvalue weighted by atomic mass is 10.00. The molecule has 0 radical (unpaired) electrons. The second kappa shape index (κ2) is 4.66. The first-order valence-corrected chi connectivity index (χ1v) is 5.23. The summed E-state index contributed by atoms with van der Waals surface area (Å²) in [6.45, 7) is 6.33. The van der Waals surface area contributed by atoms with Crippen LogP contribution in [0.4, 0.5) is 5.69 Å². The molecule has 1 atom stereocenters. The van der Waals surface area contributed by atoms with Crippen LogP contribution in [0.2, 0.25) is 0 Å². The Labute approximate surface area is 91.6 Å². The Hall–Kier alpha value is -1.03. The van der Waals surface area contributed by atoms with Crippen molar-refractivity contribution in [3.63, 3.8) is 0 Å². The Morgan fingerprint density at radius 3 is 2.73 bits per heavy atom. The molecular formula is C11H21N3O. The van der Waals surface area contributed by atoms with Crippen LogP contribution in [0.15, 0.2) is 12.4 Å². The molecule has 0 spiro atoms. The lowest BCUT2D eigenvalue weighted by Crippen LogP contribution is -2.31. The fraction of sp³-hybridized carbons (Fsp3) is 0.727. The summed E-state index contributed by atoms with van der Waals surface area (Å²) in [5.74, 6) is 0. The predicted molar refractivity (Wildman–Crippen MR) is 62.0 cm³/mol. The number of nitrogens with zero attached hydrogens (tertiary/aromatic N) is 2. The fourth-order valence-corrected chi connectivity index (χ4v) is 1.65. The summed E-state index contributed by atoms with van der Waals surface area (Å²) < 4.78 is 7.18. The Bertz CT molecular complexity index is 307. The van der Waals surface area contributed by atoms with Crippen molar-refractivity contribution in [2.24, 2.45) is 7.05 Å². The number of anilines is 1. The third kappa shape index (κ3) is 3.91. The minimum Gasteiger partial charge on any atom is -0.380 e. The number of ether oxygens (including phenoxy) is 1. The standard InChI is InChI=1S/C11H21N3O/c1-9(6-11(2,3)15-5)13-10-7-12-14(4)8-10/h7-9,13H,6H2,1-5H3/t9-/m0/s1. The SMILES string of the molecule is COC(C)(C)C[C@H](C)Nc1cnn(C)c1. The van der Waals surface area contributed by atoms with Crippen LogP contribution >= 0.6 is 0 Å². The van der Waals surface area contributed by atoms with Gasteiger partial charge in [-0.05, 0) is 27.2 Å². The van der Waals surface area contributed by atoms with Gasteiger partial charge in [-0.1, -0.05) is 0 Å². The lowest BCUT2D eigenvalue weighted by Gasteiger charge is -2.27. The zero-order valence-electron chi connectivity index (χ0n) is 10.2. The molecule has 1 aromatic rings. The smallest absolute Gasteiger partial charge is 0.0728 e. The van der Waals surface area contributed by atoms with Crippen molar-refractivity contribution in [2.45, 2.75) is 38.8 Å². The Balaban J connectivity index is 2.46. The molecule has 1 N–H and O–H groups in total. The highest BCUT2D eigenvalue weighted by Gasteiger charge is 2.20. The third-order valence-corrected chi connectivity index (χ3v) is 2.47. The molecule has 0 saturated heterocycles. The molecule has 0 bridgehead atoms. The zero-order chi connectivity index (χ0) is 11.5. The van der Waals surface area contributed by atoms with Gasteiger partial charge >= 0.3 is 0 Å². The summed E-state index contributed by atoms with van der Waals surface area (Å²) in [7, 11) is 3.66. The average Bonchev–Trinajstić information content (AvgIpc) is 2.50. The molecule has 1 heterocycles. The minimum atomic E-state index is -0.0887. The summed E-state index contributed by atoms with van der Waals surface area (Å²) >= 11 is 0. The Morgan fingerprint density at radius 2 is 2.27 bits per heavy atom. The summed E-state index contributed by atoms with van der Waals surface area (Å²) in [4.78, 5) is 0. The lowest BCUT2D eigenvalue weighted by molar-refractivity contribution is 0.0128. The van der Waals surface area contributed by atoms with Crippen LogP contribution < -0.4 is 5.32 Å². The Kier molecular flexibility index (Phi) is 3.74.